The number of amides is 1. The van der Waals surface area contributed by atoms with Gasteiger partial charge in [0.1, 0.15) is 11.4 Å². The third-order valence-corrected chi connectivity index (χ3v) is 4.21. The maximum atomic E-state index is 12.1. The van der Waals surface area contributed by atoms with E-state index in [2.05, 4.69) is 31.9 Å². The predicted molar refractivity (Wildman–Crippen MR) is 82.4 cm³/mol. The Kier molecular flexibility index (Phi) is 4.65. The van der Waals surface area contributed by atoms with Gasteiger partial charge in [-0.05, 0) is 67.7 Å². The van der Waals surface area contributed by atoms with E-state index in [0.29, 0.717) is 6.54 Å². The highest BCUT2D eigenvalue weighted by molar-refractivity contribution is 14.1. The van der Waals surface area contributed by atoms with Gasteiger partial charge in [0.2, 0.25) is 0 Å². The van der Waals surface area contributed by atoms with Crippen LogP contribution in [0.15, 0.2) is 0 Å². The van der Waals surface area contributed by atoms with Gasteiger partial charge in [-0.25, -0.2) is 9.78 Å². The van der Waals surface area contributed by atoms with E-state index in [1.165, 1.54) is 11.5 Å². The Morgan fingerprint density at radius 3 is 2.84 bits per heavy atom. The number of halogens is 1. The van der Waals surface area contributed by atoms with Crippen LogP contribution in [-0.2, 0) is 4.74 Å². The first-order valence-electron chi connectivity index (χ1n) is 6.32. The quantitative estimate of drug-likeness (QED) is 0.685. The Balaban J connectivity index is 1.99. The predicted octanol–water partition coefficient (Wildman–Crippen LogP) is 3.26. The molecule has 0 saturated carbocycles. The average Bonchev–Trinajstić information content (AvgIpc) is 2.74. The molecule has 0 spiro atoms. The molecule has 1 aliphatic rings. The highest BCUT2D eigenvalue weighted by atomic mass is 127. The highest BCUT2D eigenvalue weighted by Crippen LogP contribution is 2.27. The lowest BCUT2D eigenvalue weighted by Gasteiger charge is -2.33. The second-order valence-electron chi connectivity index (χ2n) is 5.67. The number of hydrogen-bond donors (Lipinski definition) is 0. The largest absolute Gasteiger partial charge is 0.444 e. The third-order valence-electron chi connectivity index (χ3n) is 2.86. The van der Waals surface area contributed by atoms with Crippen molar-refractivity contribution in [3.8, 4) is 0 Å². The summed E-state index contributed by atoms with van der Waals surface area (Å²) >= 11 is 3.58. The minimum absolute atomic E-state index is 0.234. The molecule has 1 fully saturated rings. The molecular formula is C12H18IN3O2S. The number of piperidine rings is 1. The number of likely N-dealkylation sites (tertiary alicyclic amines) is 1. The van der Waals surface area contributed by atoms with E-state index in [-0.39, 0.29) is 12.0 Å². The first kappa shape index (κ1) is 15.0. The first-order chi connectivity index (χ1) is 8.85. The molecule has 1 atom stereocenters. The van der Waals surface area contributed by atoms with Crippen molar-refractivity contribution < 1.29 is 9.53 Å². The Labute approximate surface area is 131 Å². The van der Waals surface area contributed by atoms with Gasteiger partial charge < -0.3 is 9.64 Å². The van der Waals surface area contributed by atoms with Crippen molar-refractivity contribution in [1.82, 2.24) is 14.3 Å². The molecule has 1 unspecified atom stereocenters. The zero-order valence-corrected chi connectivity index (χ0v) is 14.3. The van der Waals surface area contributed by atoms with Crippen molar-refractivity contribution in [2.75, 3.05) is 13.1 Å². The Hall–Kier alpha value is -0.440. The van der Waals surface area contributed by atoms with Crippen LogP contribution in [0.25, 0.3) is 0 Å². The molecule has 0 N–H and O–H groups in total. The number of carbonyl (C=O) groups is 1. The summed E-state index contributed by atoms with van der Waals surface area (Å²) in [5.41, 5.74) is -0.446. The number of ether oxygens (including phenoxy) is 1. The van der Waals surface area contributed by atoms with Crippen molar-refractivity contribution in [1.29, 1.82) is 0 Å². The number of carbonyl (C=O) groups excluding carboxylic acids is 1. The van der Waals surface area contributed by atoms with E-state index < -0.39 is 5.60 Å². The van der Waals surface area contributed by atoms with Gasteiger partial charge in [-0.15, -0.1) is 0 Å². The summed E-state index contributed by atoms with van der Waals surface area (Å²) in [4.78, 5) is 18.2. The van der Waals surface area contributed by atoms with Gasteiger partial charge in [0.15, 0.2) is 3.01 Å². The maximum Gasteiger partial charge on any atom is 0.410 e. The van der Waals surface area contributed by atoms with E-state index in [1.54, 1.807) is 4.90 Å². The molecule has 1 saturated heterocycles. The summed E-state index contributed by atoms with van der Waals surface area (Å²) in [7, 11) is 0. The Morgan fingerprint density at radius 2 is 2.26 bits per heavy atom. The van der Waals surface area contributed by atoms with Gasteiger partial charge in [-0.2, -0.15) is 4.37 Å². The fourth-order valence-corrected chi connectivity index (χ4v) is 3.10. The van der Waals surface area contributed by atoms with Crippen LogP contribution in [0.5, 0.6) is 0 Å². The summed E-state index contributed by atoms with van der Waals surface area (Å²) in [6.45, 7) is 7.07. The molecule has 2 heterocycles. The minimum atomic E-state index is -0.446. The van der Waals surface area contributed by atoms with Gasteiger partial charge in [-0.3, -0.25) is 0 Å². The van der Waals surface area contributed by atoms with Crippen LogP contribution in [-0.4, -0.2) is 39.0 Å². The second-order valence-corrected chi connectivity index (χ2v) is 8.18. The van der Waals surface area contributed by atoms with E-state index in [0.717, 1.165) is 28.2 Å². The molecular weight excluding hydrogens is 377 g/mol. The maximum absolute atomic E-state index is 12.1. The van der Waals surface area contributed by atoms with Crippen molar-refractivity contribution in [2.24, 2.45) is 0 Å². The molecule has 1 aliphatic heterocycles. The smallest absolute Gasteiger partial charge is 0.410 e. The molecule has 19 heavy (non-hydrogen) atoms. The summed E-state index contributed by atoms with van der Waals surface area (Å²) in [6, 6.07) is 0. The fraction of sp³-hybridized carbons (Fsp3) is 0.750. The summed E-state index contributed by atoms with van der Waals surface area (Å²) < 4.78 is 10.7. The van der Waals surface area contributed by atoms with Crippen LogP contribution in [0.1, 0.15) is 45.4 Å². The number of rotatable bonds is 1. The van der Waals surface area contributed by atoms with Crippen molar-refractivity contribution in [3.05, 3.63) is 8.84 Å². The SMILES string of the molecule is CC(C)(C)OC(=O)N1CCCC(c2nsc(I)n2)C1. The molecule has 0 aliphatic carbocycles. The molecule has 0 radical (unpaired) electrons. The summed E-state index contributed by atoms with van der Waals surface area (Å²) in [6.07, 6.45) is 1.77. The highest BCUT2D eigenvalue weighted by Gasteiger charge is 2.30. The molecule has 1 aromatic rings. The van der Waals surface area contributed by atoms with Gasteiger partial charge in [0.05, 0.1) is 0 Å². The van der Waals surface area contributed by atoms with Crippen LogP contribution < -0.4 is 0 Å². The molecule has 5 nitrogen and oxygen atoms in total. The number of hydrogen-bond acceptors (Lipinski definition) is 5. The molecule has 1 amide bonds. The monoisotopic (exact) mass is 395 g/mol. The third kappa shape index (κ3) is 4.27. The second kappa shape index (κ2) is 5.90. The van der Waals surface area contributed by atoms with Crippen LogP contribution >= 0.6 is 34.1 Å². The van der Waals surface area contributed by atoms with Crippen molar-refractivity contribution in [2.45, 2.75) is 45.1 Å². The van der Waals surface area contributed by atoms with Crippen LogP contribution in [0.4, 0.5) is 4.79 Å². The van der Waals surface area contributed by atoms with Crippen LogP contribution in [0, 0.1) is 3.01 Å². The van der Waals surface area contributed by atoms with Crippen molar-refractivity contribution in [3.63, 3.8) is 0 Å². The summed E-state index contributed by atoms with van der Waals surface area (Å²) in [5, 5.41) is 0. The lowest BCUT2D eigenvalue weighted by atomic mass is 9.98. The minimum Gasteiger partial charge on any atom is -0.444 e. The van der Waals surface area contributed by atoms with Crippen LogP contribution in [0.3, 0.4) is 0 Å². The molecule has 7 heteroatoms. The lowest BCUT2D eigenvalue weighted by Crippen LogP contribution is -2.42. The van der Waals surface area contributed by atoms with Gasteiger partial charge in [0, 0.05) is 19.0 Å². The fourth-order valence-electron chi connectivity index (χ4n) is 2.06. The first-order valence-corrected chi connectivity index (χ1v) is 8.17. The standard InChI is InChI=1S/C12H18IN3O2S/c1-12(2,3)18-11(17)16-6-4-5-8(7-16)9-14-10(13)19-15-9/h8H,4-7H2,1-3H3. The zero-order chi connectivity index (χ0) is 14.0. The van der Waals surface area contributed by atoms with E-state index in [1.807, 2.05) is 20.8 Å². The topological polar surface area (TPSA) is 55.3 Å². The Bertz CT molecular complexity index is 458. The average molecular weight is 395 g/mol. The summed E-state index contributed by atoms with van der Waals surface area (Å²) in [5.74, 6) is 1.10. The molecule has 106 valence electrons. The number of nitrogens with zero attached hydrogens (tertiary/aromatic N) is 3. The lowest BCUT2D eigenvalue weighted by molar-refractivity contribution is 0.0196. The van der Waals surface area contributed by atoms with E-state index in [4.69, 9.17) is 4.74 Å². The number of aromatic nitrogens is 2. The molecule has 0 aromatic carbocycles. The van der Waals surface area contributed by atoms with Crippen LogP contribution in [0.2, 0.25) is 0 Å². The van der Waals surface area contributed by atoms with Gasteiger partial charge in [-0.1, -0.05) is 0 Å². The van der Waals surface area contributed by atoms with Gasteiger partial charge >= 0.3 is 6.09 Å². The molecule has 1 aromatic heterocycles. The van der Waals surface area contributed by atoms with Gasteiger partial charge in [0.25, 0.3) is 0 Å². The molecule has 2 rings (SSSR count). The van der Waals surface area contributed by atoms with E-state index in [9.17, 15) is 4.79 Å². The normalized spacial score (nSPS) is 20.4. The van der Waals surface area contributed by atoms with E-state index >= 15 is 0 Å². The zero-order valence-electron chi connectivity index (χ0n) is 11.4. The van der Waals surface area contributed by atoms with Crippen molar-refractivity contribution >= 4 is 40.2 Å². The molecule has 0 bridgehead atoms. The Morgan fingerprint density at radius 1 is 1.53 bits per heavy atom.